The van der Waals surface area contributed by atoms with Gasteiger partial charge in [0.25, 0.3) is 0 Å². The first kappa shape index (κ1) is 12.0. The van der Waals surface area contributed by atoms with Crippen LogP contribution < -0.4 is 10.6 Å². The van der Waals surface area contributed by atoms with Crippen LogP contribution in [0, 0.1) is 0 Å². The molecular weight excluding hydrogens is 216 g/mol. The summed E-state index contributed by atoms with van der Waals surface area (Å²) in [4.78, 5) is 18.0. The van der Waals surface area contributed by atoms with Crippen LogP contribution in [-0.2, 0) is 11.3 Å². The highest BCUT2D eigenvalue weighted by Gasteiger charge is 2.23. The number of nitrogens with one attached hydrogen (secondary N) is 2. The number of carbonyl (C=O) groups excluding carboxylic acids is 1. The first-order chi connectivity index (χ1) is 8.28. The standard InChI is InChI=1S/C12H18N4O/c1-13-6-11-8-16(9-12(17)15-11)7-10-4-2-3-5-14-10/h2-5,11,13H,6-9H2,1H3,(H,15,17). The second-order valence-corrected chi connectivity index (χ2v) is 4.31. The molecule has 0 spiro atoms. The molecule has 0 aliphatic carbocycles. The Morgan fingerprint density at radius 2 is 2.47 bits per heavy atom. The van der Waals surface area contributed by atoms with Gasteiger partial charge in [0.2, 0.25) is 5.91 Å². The Balaban J connectivity index is 1.94. The van der Waals surface area contributed by atoms with E-state index in [2.05, 4.69) is 20.5 Å². The zero-order valence-electron chi connectivity index (χ0n) is 10.0. The molecule has 5 heteroatoms. The lowest BCUT2D eigenvalue weighted by atomic mass is 10.2. The van der Waals surface area contributed by atoms with Crippen LogP contribution in [0.25, 0.3) is 0 Å². The van der Waals surface area contributed by atoms with Gasteiger partial charge in [0.05, 0.1) is 18.3 Å². The van der Waals surface area contributed by atoms with Crippen LogP contribution in [0.15, 0.2) is 24.4 Å². The second-order valence-electron chi connectivity index (χ2n) is 4.31. The number of likely N-dealkylation sites (N-methyl/N-ethyl adjacent to an activating group) is 1. The predicted molar refractivity (Wildman–Crippen MR) is 65.4 cm³/mol. The summed E-state index contributed by atoms with van der Waals surface area (Å²) in [6, 6.07) is 6.04. The van der Waals surface area contributed by atoms with Crippen molar-refractivity contribution in [2.75, 3.05) is 26.7 Å². The monoisotopic (exact) mass is 234 g/mol. The molecule has 1 amide bonds. The fourth-order valence-corrected chi connectivity index (χ4v) is 2.10. The van der Waals surface area contributed by atoms with Crippen LogP contribution in [0.2, 0.25) is 0 Å². The van der Waals surface area contributed by atoms with Crippen molar-refractivity contribution in [3.8, 4) is 0 Å². The van der Waals surface area contributed by atoms with Crippen molar-refractivity contribution >= 4 is 5.91 Å². The van der Waals surface area contributed by atoms with Crippen LogP contribution in [-0.4, -0.2) is 48.5 Å². The lowest BCUT2D eigenvalue weighted by molar-refractivity contribution is -0.125. The number of piperazine rings is 1. The molecule has 2 heterocycles. The zero-order valence-corrected chi connectivity index (χ0v) is 10.0. The number of hydrogen-bond donors (Lipinski definition) is 2. The quantitative estimate of drug-likeness (QED) is 0.744. The number of rotatable bonds is 4. The summed E-state index contributed by atoms with van der Waals surface area (Å²) in [6.07, 6.45) is 1.78. The van der Waals surface area contributed by atoms with Crippen molar-refractivity contribution in [1.29, 1.82) is 0 Å². The molecule has 0 bridgehead atoms. The average molecular weight is 234 g/mol. The second kappa shape index (κ2) is 5.75. The molecule has 1 aromatic rings. The Labute approximate surface area is 101 Å². The van der Waals surface area contributed by atoms with Gasteiger partial charge in [0.15, 0.2) is 0 Å². The molecule has 17 heavy (non-hydrogen) atoms. The zero-order chi connectivity index (χ0) is 12.1. The third kappa shape index (κ3) is 3.51. The molecule has 1 aromatic heterocycles. The van der Waals surface area contributed by atoms with E-state index < -0.39 is 0 Å². The van der Waals surface area contributed by atoms with Gasteiger partial charge in [0, 0.05) is 25.8 Å². The fraction of sp³-hybridized carbons (Fsp3) is 0.500. The smallest absolute Gasteiger partial charge is 0.234 e. The van der Waals surface area contributed by atoms with E-state index in [-0.39, 0.29) is 11.9 Å². The molecule has 1 aliphatic heterocycles. The molecule has 92 valence electrons. The first-order valence-corrected chi connectivity index (χ1v) is 5.84. The Morgan fingerprint density at radius 1 is 1.59 bits per heavy atom. The highest BCUT2D eigenvalue weighted by atomic mass is 16.2. The lowest BCUT2D eigenvalue weighted by Crippen LogP contribution is -2.56. The maximum atomic E-state index is 11.5. The van der Waals surface area contributed by atoms with Crippen LogP contribution in [0.4, 0.5) is 0 Å². The van der Waals surface area contributed by atoms with Crippen molar-refractivity contribution < 1.29 is 4.79 Å². The summed E-state index contributed by atoms with van der Waals surface area (Å²) >= 11 is 0. The predicted octanol–water partition coefficient (Wildman–Crippen LogP) is -0.399. The normalized spacial score (nSPS) is 21.2. The number of carbonyl (C=O) groups is 1. The Morgan fingerprint density at radius 3 is 3.18 bits per heavy atom. The minimum atomic E-state index is 0.0902. The third-order valence-corrected chi connectivity index (χ3v) is 2.77. The van der Waals surface area contributed by atoms with Gasteiger partial charge in [-0.1, -0.05) is 6.07 Å². The van der Waals surface area contributed by atoms with Gasteiger partial charge in [-0.05, 0) is 19.2 Å². The topological polar surface area (TPSA) is 57.3 Å². The summed E-state index contributed by atoms with van der Waals surface area (Å²) < 4.78 is 0. The summed E-state index contributed by atoms with van der Waals surface area (Å²) in [7, 11) is 1.89. The van der Waals surface area contributed by atoms with E-state index in [9.17, 15) is 4.79 Å². The lowest BCUT2D eigenvalue weighted by Gasteiger charge is -2.32. The number of hydrogen-bond acceptors (Lipinski definition) is 4. The van der Waals surface area contributed by atoms with Crippen molar-refractivity contribution in [1.82, 2.24) is 20.5 Å². The molecule has 2 rings (SSSR count). The van der Waals surface area contributed by atoms with Crippen LogP contribution >= 0.6 is 0 Å². The van der Waals surface area contributed by atoms with Crippen molar-refractivity contribution in [3.63, 3.8) is 0 Å². The molecule has 5 nitrogen and oxygen atoms in total. The molecular formula is C12H18N4O. The van der Waals surface area contributed by atoms with Gasteiger partial charge in [-0.25, -0.2) is 0 Å². The van der Waals surface area contributed by atoms with E-state index >= 15 is 0 Å². The maximum absolute atomic E-state index is 11.5. The number of nitrogens with zero attached hydrogens (tertiary/aromatic N) is 2. The Hall–Kier alpha value is -1.46. The molecule has 0 saturated carbocycles. The summed E-state index contributed by atoms with van der Waals surface area (Å²) in [5, 5.41) is 6.05. The van der Waals surface area contributed by atoms with Crippen LogP contribution in [0.1, 0.15) is 5.69 Å². The molecule has 0 radical (unpaired) electrons. The van der Waals surface area contributed by atoms with Gasteiger partial charge >= 0.3 is 0 Å². The van der Waals surface area contributed by atoms with E-state index in [1.807, 2.05) is 25.2 Å². The Kier molecular flexibility index (Phi) is 4.06. The van der Waals surface area contributed by atoms with E-state index in [4.69, 9.17) is 0 Å². The molecule has 1 atom stereocenters. The third-order valence-electron chi connectivity index (χ3n) is 2.77. The van der Waals surface area contributed by atoms with E-state index in [0.29, 0.717) is 6.54 Å². The average Bonchev–Trinajstić information content (AvgIpc) is 2.30. The molecule has 1 saturated heterocycles. The highest BCUT2D eigenvalue weighted by Crippen LogP contribution is 2.05. The Bertz CT molecular complexity index is 368. The number of aromatic nitrogens is 1. The molecule has 1 fully saturated rings. The fourth-order valence-electron chi connectivity index (χ4n) is 2.10. The highest BCUT2D eigenvalue weighted by molar-refractivity contribution is 5.79. The molecule has 1 unspecified atom stereocenters. The number of amides is 1. The minimum absolute atomic E-state index is 0.0902. The van der Waals surface area contributed by atoms with Crippen molar-refractivity contribution in [2.45, 2.75) is 12.6 Å². The number of pyridine rings is 1. The molecule has 2 N–H and O–H groups in total. The van der Waals surface area contributed by atoms with Crippen LogP contribution in [0.5, 0.6) is 0 Å². The van der Waals surface area contributed by atoms with Gasteiger partial charge in [-0.3, -0.25) is 14.7 Å². The van der Waals surface area contributed by atoms with Gasteiger partial charge in [-0.2, -0.15) is 0 Å². The minimum Gasteiger partial charge on any atom is -0.350 e. The van der Waals surface area contributed by atoms with Gasteiger partial charge in [0.1, 0.15) is 0 Å². The van der Waals surface area contributed by atoms with Crippen molar-refractivity contribution in [2.24, 2.45) is 0 Å². The molecule has 0 aromatic carbocycles. The van der Waals surface area contributed by atoms with E-state index in [0.717, 1.165) is 25.3 Å². The van der Waals surface area contributed by atoms with E-state index in [1.165, 1.54) is 0 Å². The first-order valence-electron chi connectivity index (χ1n) is 5.84. The summed E-state index contributed by atoms with van der Waals surface area (Å²) in [5.74, 6) is 0.0902. The van der Waals surface area contributed by atoms with Gasteiger partial charge < -0.3 is 10.6 Å². The summed E-state index contributed by atoms with van der Waals surface area (Å²) in [5.41, 5.74) is 1.01. The largest absolute Gasteiger partial charge is 0.350 e. The van der Waals surface area contributed by atoms with E-state index in [1.54, 1.807) is 6.20 Å². The summed E-state index contributed by atoms with van der Waals surface area (Å²) in [6.45, 7) is 2.85. The van der Waals surface area contributed by atoms with Gasteiger partial charge in [-0.15, -0.1) is 0 Å². The maximum Gasteiger partial charge on any atom is 0.234 e. The van der Waals surface area contributed by atoms with Crippen LogP contribution in [0.3, 0.4) is 0 Å². The molecule has 1 aliphatic rings. The SMILES string of the molecule is CNCC1CN(Cc2ccccn2)CC(=O)N1. The van der Waals surface area contributed by atoms with Crippen molar-refractivity contribution in [3.05, 3.63) is 30.1 Å².